The third kappa shape index (κ3) is 5.72. The number of rotatable bonds is 7. The molecule has 2 heteroatoms. The van der Waals surface area contributed by atoms with Crippen LogP contribution in [0.4, 0.5) is 0 Å². The fourth-order valence-electron chi connectivity index (χ4n) is 2.26. The van der Waals surface area contributed by atoms with E-state index in [4.69, 9.17) is 0 Å². The van der Waals surface area contributed by atoms with Gasteiger partial charge in [-0.3, -0.25) is 0 Å². The zero-order chi connectivity index (χ0) is 15.1. The minimum atomic E-state index is 0.855. The summed E-state index contributed by atoms with van der Waals surface area (Å²) in [6.45, 7) is 21.2. The van der Waals surface area contributed by atoms with Crippen LogP contribution in [0.5, 0.6) is 0 Å². The highest BCUT2D eigenvalue weighted by Crippen LogP contribution is 2.35. The third-order valence-corrected chi connectivity index (χ3v) is 5.21. The number of hydrogen-bond acceptors (Lipinski definition) is 2. The highest BCUT2D eigenvalue weighted by Gasteiger charge is 2.14. The molecule has 1 aliphatic rings. The van der Waals surface area contributed by atoms with E-state index in [1.807, 2.05) is 0 Å². The Morgan fingerprint density at radius 3 is 2.20 bits per heavy atom. The first kappa shape index (κ1) is 17.3. The van der Waals surface area contributed by atoms with Crippen molar-refractivity contribution < 1.29 is 0 Å². The zero-order valence-electron chi connectivity index (χ0n) is 13.3. The first-order valence-electron chi connectivity index (χ1n) is 7.50. The Hall–Kier alpha value is -0.730. The summed E-state index contributed by atoms with van der Waals surface area (Å²) in [7, 11) is 0. The van der Waals surface area contributed by atoms with Crippen LogP contribution < -0.4 is 5.32 Å². The van der Waals surface area contributed by atoms with Crippen LogP contribution >= 0.6 is 11.8 Å². The average molecular weight is 292 g/mol. The summed E-state index contributed by atoms with van der Waals surface area (Å²) >= 11 is 1.67. The molecule has 1 rings (SSSR count). The Morgan fingerprint density at radius 2 is 1.65 bits per heavy atom. The predicted octanol–water partition coefficient (Wildman–Crippen LogP) is 5.44. The second-order valence-corrected chi connectivity index (χ2v) is 7.10. The van der Waals surface area contributed by atoms with Crippen LogP contribution in [0.25, 0.3) is 0 Å². The van der Waals surface area contributed by atoms with Gasteiger partial charge in [-0.2, -0.15) is 0 Å². The van der Waals surface area contributed by atoms with Crippen LogP contribution in [0.3, 0.4) is 0 Å². The van der Waals surface area contributed by atoms with Gasteiger partial charge in [-0.1, -0.05) is 37.1 Å². The van der Waals surface area contributed by atoms with Crippen LogP contribution in [-0.4, -0.2) is 13.1 Å². The first-order chi connectivity index (χ1) is 9.41. The van der Waals surface area contributed by atoms with E-state index >= 15 is 0 Å². The molecule has 0 aliphatic carbocycles. The van der Waals surface area contributed by atoms with E-state index < -0.39 is 0 Å². The number of hydrogen-bond donors (Lipinski definition) is 1. The van der Waals surface area contributed by atoms with E-state index in [1.165, 1.54) is 49.1 Å². The van der Waals surface area contributed by atoms with E-state index in [9.17, 15) is 0 Å². The van der Waals surface area contributed by atoms with Crippen LogP contribution in [0, 0.1) is 5.92 Å². The third-order valence-electron chi connectivity index (χ3n) is 4.12. The van der Waals surface area contributed by atoms with E-state index in [0.717, 1.165) is 22.1 Å². The zero-order valence-corrected chi connectivity index (χ0v) is 14.2. The molecule has 0 aromatic heterocycles. The van der Waals surface area contributed by atoms with Crippen molar-refractivity contribution in [2.75, 3.05) is 13.1 Å². The summed E-state index contributed by atoms with van der Waals surface area (Å²) in [4.78, 5) is 2.17. The monoisotopic (exact) mass is 291 g/mol. The van der Waals surface area contributed by atoms with E-state index in [1.54, 1.807) is 11.8 Å². The highest BCUT2D eigenvalue weighted by molar-refractivity contribution is 8.07. The van der Waals surface area contributed by atoms with E-state index in [0.29, 0.717) is 0 Å². The second kappa shape index (κ2) is 8.53. The normalized spacial score (nSPS) is 15.8. The Bertz CT molecular complexity index is 407. The molecule has 1 aliphatic heterocycles. The Balaban J connectivity index is 2.37. The summed E-state index contributed by atoms with van der Waals surface area (Å²) in [6.07, 6.45) is 4.92. The molecule has 20 heavy (non-hydrogen) atoms. The Morgan fingerprint density at radius 1 is 1.05 bits per heavy atom. The molecule has 0 aromatic rings. The van der Waals surface area contributed by atoms with Gasteiger partial charge >= 0.3 is 0 Å². The second-order valence-electron chi connectivity index (χ2n) is 5.91. The molecule has 0 amide bonds. The average Bonchev–Trinajstić information content (AvgIpc) is 2.44. The Labute approximate surface area is 129 Å². The van der Waals surface area contributed by atoms with Crippen molar-refractivity contribution in [3.63, 3.8) is 0 Å². The van der Waals surface area contributed by atoms with Crippen molar-refractivity contribution in [1.29, 1.82) is 0 Å². The maximum Gasteiger partial charge on any atom is 0.00784 e. The summed E-state index contributed by atoms with van der Waals surface area (Å²) < 4.78 is 0. The SMILES string of the molecule is C=C(CCC1CCNCC1)C(=C)SC(=C)C(C)=C(C)C. The van der Waals surface area contributed by atoms with Crippen molar-refractivity contribution in [1.82, 2.24) is 5.32 Å². The molecule has 0 aromatic carbocycles. The number of piperidine rings is 1. The first-order valence-corrected chi connectivity index (χ1v) is 8.32. The standard InChI is InChI=1S/C18H29NS/c1-13(2)15(4)17(6)20-16(5)14(3)7-8-18-9-11-19-12-10-18/h18-19H,3,5-12H2,1-2,4H3. The van der Waals surface area contributed by atoms with Crippen LogP contribution in [0.15, 0.2) is 46.3 Å². The highest BCUT2D eigenvalue weighted by atomic mass is 32.2. The fourth-order valence-corrected chi connectivity index (χ4v) is 3.17. The summed E-state index contributed by atoms with van der Waals surface area (Å²) in [5.74, 6) is 0.855. The van der Waals surface area contributed by atoms with Gasteiger partial charge in [-0.15, -0.1) is 0 Å². The largest absolute Gasteiger partial charge is 0.317 e. The molecule has 0 spiro atoms. The number of allylic oxidation sites excluding steroid dienone is 3. The van der Waals surface area contributed by atoms with E-state index in [2.05, 4.69) is 45.8 Å². The fraction of sp³-hybridized carbons (Fsp3) is 0.556. The number of thioether (sulfide) groups is 1. The molecule has 0 atom stereocenters. The lowest BCUT2D eigenvalue weighted by Gasteiger charge is -2.23. The van der Waals surface area contributed by atoms with Gasteiger partial charge < -0.3 is 5.32 Å². The molecule has 112 valence electrons. The van der Waals surface area contributed by atoms with Gasteiger partial charge in [-0.05, 0) is 76.6 Å². The minimum absolute atomic E-state index is 0.855. The van der Waals surface area contributed by atoms with Gasteiger partial charge in [-0.25, -0.2) is 0 Å². The molecule has 0 unspecified atom stereocenters. The lowest BCUT2D eigenvalue weighted by molar-refractivity contribution is 0.355. The maximum atomic E-state index is 4.20. The van der Waals surface area contributed by atoms with Crippen LogP contribution in [-0.2, 0) is 0 Å². The quantitative estimate of drug-likeness (QED) is 0.627. The molecule has 1 heterocycles. The molecule has 1 N–H and O–H groups in total. The van der Waals surface area contributed by atoms with Gasteiger partial charge in [0.1, 0.15) is 0 Å². The molecule has 1 nitrogen and oxygen atoms in total. The maximum absolute atomic E-state index is 4.20. The van der Waals surface area contributed by atoms with Crippen molar-refractivity contribution in [2.24, 2.45) is 5.92 Å². The minimum Gasteiger partial charge on any atom is -0.317 e. The van der Waals surface area contributed by atoms with Gasteiger partial charge in [0.2, 0.25) is 0 Å². The lowest BCUT2D eigenvalue weighted by Crippen LogP contribution is -2.27. The molecular weight excluding hydrogens is 262 g/mol. The van der Waals surface area contributed by atoms with Crippen molar-refractivity contribution >= 4 is 11.8 Å². The number of nitrogens with one attached hydrogen (secondary N) is 1. The van der Waals surface area contributed by atoms with Crippen molar-refractivity contribution in [3.8, 4) is 0 Å². The molecule has 1 fully saturated rings. The lowest BCUT2D eigenvalue weighted by atomic mass is 9.91. The van der Waals surface area contributed by atoms with Crippen LogP contribution in [0.1, 0.15) is 46.5 Å². The van der Waals surface area contributed by atoms with Crippen molar-refractivity contribution in [2.45, 2.75) is 46.5 Å². The predicted molar refractivity (Wildman–Crippen MR) is 93.9 cm³/mol. The topological polar surface area (TPSA) is 12.0 Å². The van der Waals surface area contributed by atoms with Crippen molar-refractivity contribution in [3.05, 3.63) is 46.3 Å². The van der Waals surface area contributed by atoms with Gasteiger partial charge in [0.15, 0.2) is 0 Å². The van der Waals surface area contributed by atoms with Gasteiger partial charge in [0.05, 0.1) is 0 Å². The van der Waals surface area contributed by atoms with Gasteiger partial charge in [0.25, 0.3) is 0 Å². The summed E-state index contributed by atoms with van der Waals surface area (Å²) in [6, 6.07) is 0. The molecule has 1 saturated heterocycles. The molecular formula is C18H29NS. The molecule has 0 radical (unpaired) electrons. The molecule has 0 saturated carbocycles. The smallest absolute Gasteiger partial charge is 0.00784 e. The van der Waals surface area contributed by atoms with Gasteiger partial charge in [0, 0.05) is 9.81 Å². The van der Waals surface area contributed by atoms with Crippen LogP contribution in [0.2, 0.25) is 0 Å². The molecule has 0 bridgehead atoms. The van der Waals surface area contributed by atoms with E-state index in [-0.39, 0.29) is 0 Å². The summed E-state index contributed by atoms with van der Waals surface area (Å²) in [5.41, 5.74) is 3.76. The Kier molecular flexibility index (Phi) is 7.39. The summed E-state index contributed by atoms with van der Waals surface area (Å²) in [5, 5.41) is 3.41.